The number of hydrogen-bond acceptors (Lipinski definition) is 3. The van der Waals surface area contributed by atoms with Crippen LogP contribution in [0.5, 0.6) is 0 Å². The van der Waals surface area contributed by atoms with Gasteiger partial charge in [-0.25, -0.2) is 9.37 Å². The predicted octanol–water partition coefficient (Wildman–Crippen LogP) is 1.57. The van der Waals surface area contributed by atoms with Gasteiger partial charge in [-0.15, -0.1) is 0 Å². The van der Waals surface area contributed by atoms with E-state index in [1.54, 1.807) is 6.20 Å². The zero-order valence-corrected chi connectivity index (χ0v) is 7.66. The minimum Gasteiger partial charge on any atom is -0.392 e. The Morgan fingerprint density at radius 2 is 2.14 bits per heavy atom. The lowest BCUT2D eigenvalue weighted by atomic mass is 10.2. The SMILES string of the molecule is Cc1cnc2cc(F)c(CO)cc2n1. The van der Waals surface area contributed by atoms with Crippen molar-refractivity contribution in [2.75, 3.05) is 0 Å². The van der Waals surface area contributed by atoms with Crippen molar-refractivity contribution in [3.8, 4) is 0 Å². The Morgan fingerprint density at radius 1 is 1.36 bits per heavy atom. The van der Waals surface area contributed by atoms with Gasteiger partial charge in [-0.3, -0.25) is 4.98 Å². The lowest BCUT2D eigenvalue weighted by Crippen LogP contribution is -1.94. The van der Waals surface area contributed by atoms with Crippen LogP contribution in [0.4, 0.5) is 4.39 Å². The fourth-order valence-electron chi connectivity index (χ4n) is 1.29. The molecule has 0 radical (unpaired) electrons. The average molecular weight is 192 g/mol. The summed E-state index contributed by atoms with van der Waals surface area (Å²) in [6.07, 6.45) is 1.58. The van der Waals surface area contributed by atoms with Crippen LogP contribution in [-0.2, 0) is 6.61 Å². The van der Waals surface area contributed by atoms with Crippen LogP contribution in [0.3, 0.4) is 0 Å². The second-order valence-electron chi connectivity index (χ2n) is 3.10. The van der Waals surface area contributed by atoms with Crippen LogP contribution < -0.4 is 0 Å². The van der Waals surface area contributed by atoms with Crippen LogP contribution in [0.2, 0.25) is 0 Å². The summed E-state index contributed by atoms with van der Waals surface area (Å²) in [5.41, 5.74) is 2.13. The van der Waals surface area contributed by atoms with Gasteiger partial charge in [-0.1, -0.05) is 0 Å². The average Bonchev–Trinajstić information content (AvgIpc) is 2.17. The third-order valence-corrected chi connectivity index (χ3v) is 2.00. The normalized spacial score (nSPS) is 10.8. The molecule has 0 aliphatic heterocycles. The summed E-state index contributed by atoms with van der Waals surface area (Å²) in [5, 5.41) is 8.86. The van der Waals surface area contributed by atoms with Gasteiger partial charge in [-0.05, 0) is 13.0 Å². The van der Waals surface area contributed by atoms with Crippen molar-refractivity contribution >= 4 is 11.0 Å². The first-order valence-corrected chi connectivity index (χ1v) is 4.23. The highest BCUT2D eigenvalue weighted by molar-refractivity contribution is 5.75. The van der Waals surface area contributed by atoms with Gasteiger partial charge in [0, 0.05) is 17.8 Å². The minimum atomic E-state index is -0.446. The van der Waals surface area contributed by atoms with Crippen LogP contribution in [0, 0.1) is 12.7 Å². The summed E-state index contributed by atoms with van der Waals surface area (Å²) in [5.74, 6) is -0.446. The lowest BCUT2D eigenvalue weighted by molar-refractivity contribution is 0.276. The molecule has 1 aromatic heterocycles. The summed E-state index contributed by atoms with van der Waals surface area (Å²) >= 11 is 0. The van der Waals surface area contributed by atoms with Crippen molar-refractivity contribution in [1.82, 2.24) is 9.97 Å². The van der Waals surface area contributed by atoms with Gasteiger partial charge in [0.1, 0.15) is 5.82 Å². The van der Waals surface area contributed by atoms with Gasteiger partial charge < -0.3 is 5.11 Å². The van der Waals surface area contributed by atoms with Crippen LogP contribution in [-0.4, -0.2) is 15.1 Å². The molecule has 0 atom stereocenters. The minimum absolute atomic E-state index is 0.248. The Labute approximate surface area is 80.2 Å². The quantitative estimate of drug-likeness (QED) is 0.746. The Kier molecular flexibility index (Phi) is 2.13. The summed E-state index contributed by atoms with van der Waals surface area (Å²) < 4.78 is 13.2. The molecule has 0 spiro atoms. The maximum Gasteiger partial charge on any atom is 0.131 e. The van der Waals surface area contributed by atoms with Gasteiger partial charge in [0.15, 0.2) is 0 Å². The highest BCUT2D eigenvalue weighted by Gasteiger charge is 2.05. The number of aromatic nitrogens is 2. The highest BCUT2D eigenvalue weighted by atomic mass is 19.1. The Hall–Kier alpha value is -1.55. The molecule has 0 fully saturated rings. The van der Waals surface area contributed by atoms with E-state index in [0.717, 1.165) is 5.69 Å². The molecule has 1 N–H and O–H groups in total. The lowest BCUT2D eigenvalue weighted by Gasteiger charge is -2.02. The van der Waals surface area contributed by atoms with Crippen molar-refractivity contribution < 1.29 is 9.50 Å². The van der Waals surface area contributed by atoms with E-state index in [1.165, 1.54) is 12.1 Å². The third kappa shape index (κ3) is 1.44. The smallest absolute Gasteiger partial charge is 0.131 e. The van der Waals surface area contributed by atoms with E-state index in [0.29, 0.717) is 11.0 Å². The van der Waals surface area contributed by atoms with E-state index in [4.69, 9.17) is 5.11 Å². The van der Waals surface area contributed by atoms with Gasteiger partial charge in [0.05, 0.1) is 23.3 Å². The first-order valence-electron chi connectivity index (χ1n) is 4.23. The summed E-state index contributed by atoms with van der Waals surface area (Å²) in [6, 6.07) is 2.80. The van der Waals surface area contributed by atoms with E-state index in [-0.39, 0.29) is 12.2 Å². The van der Waals surface area contributed by atoms with Gasteiger partial charge in [-0.2, -0.15) is 0 Å². The first-order chi connectivity index (χ1) is 6.70. The zero-order valence-electron chi connectivity index (χ0n) is 7.66. The Bertz CT molecular complexity index is 485. The molecule has 72 valence electrons. The molecule has 0 amide bonds. The number of rotatable bonds is 1. The van der Waals surface area contributed by atoms with Gasteiger partial charge in [0.2, 0.25) is 0 Å². The molecule has 1 heterocycles. The molecule has 3 nitrogen and oxygen atoms in total. The van der Waals surface area contributed by atoms with Crippen molar-refractivity contribution in [3.63, 3.8) is 0 Å². The standard InChI is InChI=1S/C10H9FN2O/c1-6-4-12-9-3-8(11)7(5-14)2-10(9)13-6/h2-4,14H,5H2,1H3. The van der Waals surface area contributed by atoms with Crippen LogP contribution in [0.25, 0.3) is 11.0 Å². The van der Waals surface area contributed by atoms with Gasteiger partial charge >= 0.3 is 0 Å². The number of nitrogens with zero attached hydrogens (tertiary/aromatic N) is 2. The second-order valence-corrected chi connectivity index (χ2v) is 3.10. The summed E-state index contributed by atoms with van der Waals surface area (Å²) in [6.45, 7) is 1.49. The fraction of sp³-hybridized carbons (Fsp3) is 0.200. The summed E-state index contributed by atoms with van der Waals surface area (Å²) in [7, 11) is 0. The van der Waals surface area contributed by atoms with Crippen LogP contribution >= 0.6 is 0 Å². The highest BCUT2D eigenvalue weighted by Crippen LogP contribution is 2.15. The fourth-order valence-corrected chi connectivity index (χ4v) is 1.29. The maximum atomic E-state index is 13.2. The number of aryl methyl sites for hydroxylation is 1. The molecule has 0 unspecified atom stereocenters. The maximum absolute atomic E-state index is 13.2. The zero-order chi connectivity index (χ0) is 10.1. The number of aliphatic hydroxyl groups is 1. The van der Waals surface area contributed by atoms with Crippen molar-refractivity contribution in [2.45, 2.75) is 13.5 Å². The van der Waals surface area contributed by atoms with Crippen molar-refractivity contribution in [3.05, 3.63) is 35.4 Å². The largest absolute Gasteiger partial charge is 0.392 e. The van der Waals surface area contributed by atoms with Crippen LogP contribution in [0.15, 0.2) is 18.3 Å². The topological polar surface area (TPSA) is 46.0 Å². The number of hydrogen-bond donors (Lipinski definition) is 1. The van der Waals surface area contributed by atoms with Crippen molar-refractivity contribution in [1.29, 1.82) is 0 Å². The third-order valence-electron chi connectivity index (χ3n) is 2.00. The molecule has 4 heteroatoms. The molecule has 0 aliphatic carbocycles. The molecule has 0 bridgehead atoms. The first kappa shape index (κ1) is 9.02. The molecular weight excluding hydrogens is 183 g/mol. The molecule has 2 aromatic rings. The molecule has 0 saturated carbocycles. The molecular formula is C10H9FN2O. The van der Waals surface area contributed by atoms with Crippen LogP contribution in [0.1, 0.15) is 11.3 Å². The van der Waals surface area contributed by atoms with E-state index >= 15 is 0 Å². The Morgan fingerprint density at radius 3 is 2.86 bits per heavy atom. The second kappa shape index (κ2) is 3.31. The van der Waals surface area contributed by atoms with E-state index < -0.39 is 5.82 Å². The van der Waals surface area contributed by atoms with E-state index in [1.807, 2.05) is 6.92 Å². The van der Waals surface area contributed by atoms with E-state index in [9.17, 15) is 4.39 Å². The van der Waals surface area contributed by atoms with Crippen molar-refractivity contribution in [2.24, 2.45) is 0 Å². The molecule has 0 aliphatic rings. The number of fused-ring (bicyclic) bond motifs is 1. The summed E-state index contributed by atoms with van der Waals surface area (Å²) in [4.78, 5) is 8.22. The monoisotopic (exact) mass is 192 g/mol. The number of aliphatic hydroxyl groups excluding tert-OH is 1. The predicted molar refractivity (Wildman–Crippen MR) is 50.2 cm³/mol. The molecule has 14 heavy (non-hydrogen) atoms. The molecule has 1 aromatic carbocycles. The molecule has 0 saturated heterocycles. The number of benzene rings is 1. The van der Waals surface area contributed by atoms with E-state index in [2.05, 4.69) is 9.97 Å². The molecule has 2 rings (SSSR count). The Balaban J connectivity index is 2.73. The van der Waals surface area contributed by atoms with Gasteiger partial charge in [0.25, 0.3) is 0 Å². The number of halogens is 1.